The molecule has 0 bridgehead atoms. The number of anilines is 1. The minimum absolute atomic E-state index is 0.108. The number of para-hydroxylation sites is 1. The zero-order valence-corrected chi connectivity index (χ0v) is 15.9. The van der Waals surface area contributed by atoms with Gasteiger partial charge in [0, 0.05) is 17.9 Å². The number of pyridine rings is 1. The molecule has 0 spiro atoms. The SMILES string of the molecule is COc1cccc2c(C)cc(-n3nc(C)cc3NC(=O)C3CCC(=O)N3)nc12. The molecule has 2 amide bonds. The van der Waals surface area contributed by atoms with Gasteiger partial charge in [-0.05, 0) is 38.0 Å². The van der Waals surface area contributed by atoms with Gasteiger partial charge < -0.3 is 15.4 Å². The average Bonchev–Trinajstić information content (AvgIpc) is 3.26. The number of ether oxygens (including phenoxy) is 1. The second-order valence-corrected chi connectivity index (χ2v) is 6.88. The van der Waals surface area contributed by atoms with Crippen molar-refractivity contribution in [2.45, 2.75) is 32.7 Å². The lowest BCUT2D eigenvalue weighted by Crippen LogP contribution is -2.37. The van der Waals surface area contributed by atoms with Crippen LogP contribution in [0, 0.1) is 13.8 Å². The van der Waals surface area contributed by atoms with Gasteiger partial charge in [0.2, 0.25) is 11.8 Å². The Hall–Kier alpha value is -3.42. The van der Waals surface area contributed by atoms with Crippen LogP contribution in [0.2, 0.25) is 0 Å². The molecular weight excluding hydrogens is 358 g/mol. The molecule has 0 saturated carbocycles. The minimum Gasteiger partial charge on any atom is -0.494 e. The molecule has 1 unspecified atom stereocenters. The molecule has 3 heterocycles. The Morgan fingerprint density at radius 3 is 2.86 bits per heavy atom. The number of nitrogens with zero attached hydrogens (tertiary/aromatic N) is 3. The van der Waals surface area contributed by atoms with Gasteiger partial charge in [-0.15, -0.1) is 0 Å². The number of methoxy groups -OCH3 is 1. The molecule has 144 valence electrons. The number of carbonyl (C=O) groups is 2. The van der Waals surface area contributed by atoms with E-state index in [0.717, 1.165) is 22.2 Å². The van der Waals surface area contributed by atoms with Crippen LogP contribution in [0.4, 0.5) is 5.82 Å². The number of aromatic nitrogens is 3. The Labute approximate surface area is 161 Å². The quantitative estimate of drug-likeness (QED) is 0.725. The number of aryl methyl sites for hydroxylation is 2. The molecule has 28 heavy (non-hydrogen) atoms. The van der Waals surface area contributed by atoms with E-state index in [1.165, 1.54) is 0 Å². The fourth-order valence-electron chi connectivity index (χ4n) is 3.43. The second kappa shape index (κ2) is 6.95. The molecule has 0 radical (unpaired) electrons. The average molecular weight is 379 g/mol. The second-order valence-electron chi connectivity index (χ2n) is 6.88. The summed E-state index contributed by atoms with van der Waals surface area (Å²) in [5.41, 5.74) is 2.49. The van der Waals surface area contributed by atoms with E-state index in [4.69, 9.17) is 9.72 Å². The third-order valence-electron chi connectivity index (χ3n) is 4.83. The molecular formula is C20H21N5O3. The molecule has 3 aromatic rings. The van der Waals surface area contributed by atoms with Gasteiger partial charge in [-0.2, -0.15) is 9.78 Å². The lowest BCUT2D eigenvalue weighted by Gasteiger charge is -2.14. The molecule has 8 heteroatoms. The van der Waals surface area contributed by atoms with Crippen LogP contribution >= 0.6 is 0 Å². The summed E-state index contributed by atoms with van der Waals surface area (Å²) in [4.78, 5) is 28.6. The number of amides is 2. The summed E-state index contributed by atoms with van der Waals surface area (Å²) in [6.07, 6.45) is 0.851. The molecule has 2 aromatic heterocycles. The van der Waals surface area contributed by atoms with Crippen molar-refractivity contribution in [1.82, 2.24) is 20.1 Å². The molecule has 1 saturated heterocycles. The van der Waals surface area contributed by atoms with E-state index < -0.39 is 6.04 Å². The summed E-state index contributed by atoms with van der Waals surface area (Å²) in [5, 5.41) is 11.0. The third kappa shape index (κ3) is 3.17. The fourth-order valence-corrected chi connectivity index (χ4v) is 3.43. The van der Waals surface area contributed by atoms with Crippen LogP contribution in [0.15, 0.2) is 30.3 Å². The van der Waals surface area contributed by atoms with Gasteiger partial charge in [-0.3, -0.25) is 9.59 Å². The molecule has 1 fully saturated rings. The number of carbonyl (C=O) groups excluding carboxylic acids is 2. The fraction of sp³-hybridized carbons (Fsp3) is 0.300. The Kier molecular flexibility index (Phi) is 4.46. The van der Waals surface area contributed by atoms with Crippen molar-refractivity contribution in [3.63, 3.8) is 0 Å². The number of hydrogen-bond acceptors (Lipinski definition) is 5. The van der Waals surface area contributed by atoms with Gasteiger partial charge in [0.25, 0.3) is 0 Å². The van der Waals surface area contributed by atoms with Crippen molar-refractivity contribution in [2.75, 3.05) is 12.4 Å². The van der Waals surface area contributed by atoms with E-state index >= 15 is 0 Å². The van der Waals surface area contributed by atoms with E-state index in [2.05, 4.69) is 15.7 Å². The molecule has 0 aliphatic carbocycles. The Morgan fingerprint density at radius 2 is 2.14 bits per heavy atom. The Balaban J connectivity index is 1.74. The first-order chi connectivity index (χ1) is 13.5. The monoisotopic (exact) mass is 379 g/mol. The summed E-state index contributed by atoms with van der Waals surface area (Å²) < 4.78 is 7.05. The van der Waals surface area contributed by atoms with Crippen molar-refractivity contribution in [3.05, 3.63) is 41.6 Å². The van der Waals surface area contributed by atoms with E-state index in [9.17, 15) is 9.59 Å². The van der Waals surface area contributed by atoms with Crippen molar-refractivity contribution in [1.29, 1.82) is 0 Å². The predicted octanol–water partition coefficient (Wildman–Crippen LogP) is 2.26. The summed E-state index contributed by atoms with van der Waals surface area (Å²) >= 11 is 0. The molecule has 4 rings (SSSR count). The first kappa shape index (κ1) is 18.0. The van der Waals surface area contributed by atoms with E-state index in [1.807, 2.05) is 38.1 Å². The van der Waals surface area contributed by atoms with Crippen LogP contribution < -0.4 is 15.4 Å². The standard InChI is InChI=1S/C20H21N5O3/c1-11-9-16(22-19-13(11)5-4-6-15(19)28-3)25-17(10-12(2)24-25)23-20(27)14-7-8-18(26)21-14/h4-6,9-10,14H,7-8H2,1-3H3,(H,21,26)(H,23,27). The zero-order chi connectivity index (χ0) is 19.8. The van der Waals surface area contributed by atoms with Crippen LogP contribution in [0.3, 0.4) is 0 Å². The van der Waals surface area contributed by atoms with Gasteiger partial charge >= 0.3 is 0 Å². The highest BCUT2D eigenvalue weighted by molar-refractivity contribution is 5.98. The van der Waals surface area contributed by atoms with E-state index in [0.29, 0.717) is 30.2 Å². The minimum atomic E-state index is -0.525. The van der Waals surface area contributed by atoms with Gasteiger partial charge in [-0.25, -0.2) is 4.98 Å². The maximum atomic E-state index is 12.5. The molecule has 1 aliphatic rings. The Bertz CT molecular complexity index is 1090. The van der Waals surface area contributed by atoms with E-state index in [-0.39, 0.29) is 11.8 Å². The number of benzene rings is 1. The summed E-state index contributed by atoms with van der Waals surface area (Å²) in [6.45, 7) is 3.84. The molecule has 2 N–H and O–H groups in total. The Morgan fingerprint density at radius 1 is 1.32 bits per heavy atom. The van der Waals surface area contributed by atoms with Gasteiger partial charge in [0.1, 0.15) is 23.1 Å². The smallest absolute Gasteiger partial charge is 0.248 e. The first-order valence-electron chi connectivity index (χ1n) is 9.08. The lowest BCUT2D eigenvalue weighted by molar-refractivity contribution is -0.122. The number of hydrogen-bond donors (Lipinski definition) is 2. The van der Waals surface area contributed by atoms with Gasteiger partial charge in [-0.1, -0.05) is 12.1 Å². The van der Waals surface area contributed by atoms with Crippen molar-refractivity contribution in [3.8, 4) is 11.6 Å². The highest BCUT2D eigenvalue weighted by Gasteiger charge is 2.28. The van der Waals surface area contributed by atoms with E-state index in [1.54, 1.807) is 17.9 Å². The lowest BCUT2D eigenvalue weighted by atomic mass is 10.1. The van der Waals surface area contributed by atoms with Crippen LogP contribution in [0.25, 0.3) is 16.7 Å². The number of fused-ring (bicyclic) bond motifs is 1. The topological polar surface area (TPSA) is 98.1 Å². The predicted molar refractivity (Wildman–Crippen MR) is 105 cm³/mol. The zero-order valence-electron chi connectivity index (χ0n) is 15.9. The van der Waals surface area contributed by atoms with Crippen LogP contribution in [0.5, 0.6) is 5.75 Å². The van der Waals surface area contributed by atoms with Crippen LogP contribution in [-0.4, -0.2) is 39.7 Å². The number of nitrogens with one attached hydrogen (secondary N) is 2. The summed E-state index contributed by atoms with van der Waals surface area (Å²) in [5.74, 6) is 1.38. The van der Waals surface area contributed by atoms with Crippen molar-refractivity contribution < 1.29 is 14.3 Å². The van der Waals surface area contributed by atoms with Gasteiger partial charge in [0.15, 0.2) is 5.82 Å². The third-order valence-corrected chi connectivity index (χ3v) is 4.83. The molecule has 8 nitrogen and oxygen atoms in total. The maximum absolute atomic E-state index is 12.5. The molecule has 1 aliphatic heterocycles. The van der Waals surface area contributed by atoms with Gasteiger partial charge in [0.05, 0.1) is 12.8 Å². The maximum Gasteiger partial charge on any atom is 0.248 e. The highest BCUT2D eigenvalue weighted by Crippen LogP contribution is 2.28. The molecule has 1 atom stereocenters. The van der Waals surface area contributed by atoms with Crippen LogP contribution in [0.1, 0.15) is 24.1 Å². The summed E-state index contributed by atoms with van der Waals surface area (Å²) in [7, 11) is 1.61. The van der Waals surface area contributed by atoms with Crippen molar-refractivity contribution >= 4 is 28.5 Å². The highest BCUT2D eigenvalue weighted by atomic mass is 16.5. The number of rotatable bonds is 4. The van der Waals surface area contributed by atoms with Crippen molar-refractivity contribution in [2.24, 2.45) is 0 Å². The van der Waals surface area contributed by atoms with Crippen LogP contribution in [-0.2, 0) is 9.59 Å². The first-order valence-corrected chi connectivity index (χ1v) is 9.08. The summed E-state index contributed by atoms with van der Waals surface area (Å²) in [6, 6.07) is 8.94. The largest absolute Gasteiger partial charge is 0.494 e. The normalized spacial score (nSPS) is 16.2. The molecule has 1 aromatic carbocycles.